The lowest BCUT2D eigenvalue weighted by molar-refractivity contribution is -0.166. The molecule has 0 aromatic heterocycles. The van der Waals surface area contributed by atoms with Crippen LogP contribution in [0.4, 0.5) is 0 Å². The van der Waals surface area contributed by atoms with E-state index in [1.807, 2.05) is 73.7 Å². The van der Waals surface area contributed by atoms with Gasteiger partial charge in [-0.05, 0) is 47.9 Å². The molecule has 3 aromatic carbocycles. The number of nitrogens with one attached hydrogen (secondary N) is 1. The highest BCUT2D eigenvalue weighted by molar-refractivity contribution is 8.03. The average molecular weight is 659 g/mol. The Labute approximate surface area is 278 Å². The largest absolute Gasteiger partial charge is 0.484 e. The highest BCUT2D eigenvalue weighted by Crippen LogP contribution is 2.41. The molecule has 3 aromatic rings. The molecule has 0 saturated carbocycles. The number of nitrogens with zero attached hydrogens (tertiary/aromatic N) is 1. The van der Waals surface area contributed by atoms with Crippen LogP contribution in [0.3, 0.4) is 0 Å². The molecule has 11 heteroatoms. The molecule has 0 radical (unpaired) electrons. The molecule has 1 saturated heterocycles. The fourth-order valence-electron chi connectivity index (χ4n) is 5.38. The number of β-lactam (4-membered cyclic amide) rings is 1. The van der Waals surface area contributed by atoms with E-state index in [9.17, 15) is 24.3 Å². The van der Waals surface area contributed by atoms with Crippen LogP contribution in [0.15, 0.2) is 102 Å². The number of carbonyl (C=O) groups excluding carboxylic acids is 4. The summed E-state index contributed by atoms with van der Waals surface area (Å²) in [6.45, 7) is 1.37. The van der Waals surface area contributed by atoms with Crippen molar-refractivity contribution >= 4 is 35.5 Å². The smallest absolute Gasteiger partial charge is 0.334 e. The van der Waals surface area contributed by atoms with Crippen molar-refractivity contribution in [3.8, 4) is 5.75 Å². The number of ether oxygens (including phenoxy) is 3. The van der Waals surface area contributed by atoms with Gasteiger partial charge in [0.1, 0.15) is 23.8 Å². The molecule has 10 nitrogen and oxygen atoms in total. The number of hydrogen-bond donors (Lipinski definition) is 2. The van der Waals surface area contributed by atoms with E-state index in [1.165, 1.54) is 16.7 Å². The van der Waals surface area contributed by atoms with Crippen LogP contribution in [-0.4, -0.2) is 70.5 Å². The topological polar surface area (TPSA) is 131 Å². The summed E-state index contributed by atoms with van der Waals surface area (Å²) in [6, 6.07) is 25.4. The molecule has 4 atom stereocenters. The van der Waals surface area contributed by atoms with Gasteiger partial charge in [0.05, 0.1) is 6.10 Å². The average Bonchev–Trinajstić information content (AvgIpc) is 3.11. The summed E-state index contributed by atoms with van der Waals surface area (Å²) < 4.78 is 17.2. The van der Waals surface area contributed by atoms with Crippen molar-refractivity contribution in [2.24, 2.45) is 0 Å². The summed E-state index contributed by atoms with van der Waals surface area (Å²) >= 11 is 1.25. The first-order valence-corrected chi connectivity index (χ1v) is 16.6. The van der Waals surface area contributed by atoms with Crippen LogP contribution in [-0.2, 0) is 28.7 Å². The number of fused-ring (bicyclic) bond motifs is 1. The molecular weight excluding hydrogens is 620 g/mol. The Bertz CT molecular complexity index is 1510. The van der Waals surface area contributed by atoms with Gasteiger partial charge < -0.3 is 29.5 Å². The number of aliphatic hydroxyl groups excluding tert-OH is 1. The SMILES string of the molecule is CCC(O)CCCC(=O)OCC1=CS[C@@H]2C(NC(=O)COc3ccccc3)C(=O)N2C1C(=O)OC(c1ccccc1)c1ccccc1. The minimum atomic E-state index is -1.17. The standard InChI is InChI=1S/C36H38N2O8S/c1-2-27(39)17-12-20-30(41)45-21-26-23-47-35-31(37-29(40)22-44-28-18-10-5-11-19-28)34(42)38(35)32(26)36(43)46-33(24-13-6-3-7-14-24)25-15-8-4-9-16-25/h3-11,13-16,18-19,23,27,31-33,35,39H,2,12,17,20-22H2,1H3,(H,37,40)/t27?,31?,32?,35-/m1/s1. The predicted octanol–water partition coefficient (Wildman–Crippen LogP) is 4.54. The Morgan fingerprint density at radius 1 is 0.936 bits per heavy atom. The van der Waals surface area contributed by atoms with Crippen molar-refractivity contribution in [1.29, 1.82) is 0 Å². The summed E-state index contributed by atoms with van der Waals surface area (Å²) in [6.07, 6.45) is 0.421. The molecule has 2 amide bonds. The van der Waals surface area contributed by atoms with Gasteiger partial charge >= 0.3 is 11.9 Å². The van der Waals surface area contributed by atoms with Crippen molar-refractivity contribution in [2.45, 2.75) is 62.3 Å². The molecule has 1 fully saturated rings. The van der Waals surface area contributed by atoms with E-state index < -0.39 is 53.4 Å². The quantitative estimate of drug-likeness (QED) is 0.179. The van der Waals surface area contributed by atoms with Crippen molar-refractivity contribution in [3.63, 3.8) is 0 Å². The molecule has 2 heterocycles. The van der Waals surface area contributed by atoms with Gasteiger partial charge in [0.25, 0.3) is 5.91 Å². The number of aliphatic hydroxyl groups is 1. The fraction of sp³-hybridized carbons (Fsp3) is 0.333. The summed E-state index contributed by atoms with van der Waals surface area (Å²) in [7, 11) is 0. The van der Waals surface area contributed by atoms with E-state index in [1.54, 1.807) is 29.7 Å². The highest BCUT2D eigenvalue weighted by Gasteiger charge is 2.56. The van der Waals surface area contributed by atoms with Gasteiger partial charge in [-0.15, -0.1) is 11.8 Å². The monoisotopic (exact) mass is 658 g/mol. The molecule has 0 bridgehead atoms. The van der Waals surface area contributed by atoms with Gasteiger partial charge in [-0.25, -0.2) is 4.79 Å². The summed E-state index contributed by atoms with van der Waals surface area (Å²) in [5.41, 5.74) is 1.89. The Hall–Kier alpha value is -4.61. The van der Waals surface area contributed by atoms with Crippen molar-refractivity contribution in [3.05, 3.63) is 113 Å². The van der Waals surface area contributed by atoms with Gasteiger partial charge in [-0.2, -0.15) is 0 Å². The zero-order valence-corrected chi connectivity index (χ0v) is 26.8. The molecule has 2 aliphatic rings. The number of hydrogen-bond acceptors (Lipinski definition) is 9. The number of rotatable bonds is 15. The lowest BCUT2D eigenvalue weighted by Gasteiger charge is -2.51. The Kier molecular flexibility index (Phi) is 11.7. The van der Waals surface area contributed by atoms with E-state index in [-0.39, 0.29) is 19.6 Å². The predicted molar refractivity (Wildman–Crippen MR) is 176 cm³/mol. The van der Waals surface area contributed by atoms with Crippen molar-refractivity contribution in [1.82, 2.24) is 10.2 Å². The second-order valence-electron chi connectivity index (χ2n) is 11.3. The third kappa shape index (κ3) is 8.60. The van der Waals surface area contributed by atoms with E-state index in [4.69, 9.17) is 14.2 Å². The van der Waals surface area contributed by atoms with E-state index in [2.05, 4.69) is 5.32 Å². The second kappa shape index (κ2) is 16.3. The maximum absolute atomic E-state index is 14.1. The molecule has 2 N–H and O–H groups in total. The minimum Gasteiger partial charge on any atom is -0.484 e. The maximum Gasteiger partial charge on any atom is 0.334 e. The fourth-order valence-corrected chi connectivity index (χ4v) is 6.59. The molecule has 5 rings (SSSR count). The van der Waals surface area contributed by atoms with Gasteiger partial charge in [-0.1, -0.05) is 85.8 Å². The first-order chi connectivity index (χ1) is 22.9. The number of para-hydroxylation sites is 1. The highest BCUT2D eigenvalue weighted by atomic mass is 32.2. The zero-order chi connectivity index (χ0) is 33.2. The lowest BCUT2D eigenvalue weighted by atomic mass is 9.97. The van der Waals surface area contributed by atoms with E-state index in [0.717, 1.165) is 11.1 Å². The zero-order valence-electron chi connectivity index (χ0n) is 26.0. The van der Waals surface area contributed by atoms with Crippen LogP contribution in [0.5, 0.6) is 5.75 Å². The Morgan fingerprint density at radius 3 is 2.17 bits per heavy atom. The third-order valence-corrected chi connectivity index (χ3v) is 9.17. The number of carbonyl (C=O) groups is 4. The summed E-state index contributed by atoms with van der Waals surface area (Å²) in [5.74, 6) is -1.57. The van der Waals surface area contributed by atoms with Gasteiger partial charge in [0, 0.05) is 12.0 Å². The number of amides is 2. The Balaban J connectivity index is 1.32. The molecule has 47 heavy (non-hydrogen) atoms. The minimum absolute atomic E-state index is 0.112. The van der Waals surface area contributed by atoms with Crippen LogP contribution in [0.2, 0.25) is 0 Å². The second-order valence-corrected chi connectivity index (χ2v) is 12.3. The third-order valence-electron chi connectivity index (χ3n) is 7.95. The molecule has 3 unspecified atom stereocenters. The van der Waals surface area contributed by atoms with Crippen LogP contribution < -0.4 is 10.1 Å². The number of esters is 2. The van der Waals surface area contributed by atoms with Gasteiger partial charge in [0.2, 0.25) is 5.91 Å². The maximum atomic E-state index is 14.1. The summed E-state index contributed by atoms with van der Waals surface area (Å²) in [5, 5.41) is 13.6. The van der Waals surface area contributed by atoms with Gasteiger partial charge in [0.15, 0.2) is 18.8 Å². The van der Waals surface area contributed by atoms with E-state index in [0.29, 0.717) is 30.6 Å². The van der Waals surface area contributed by atoms with Crippen LogP contribution >= 0.6 is 11.8 Å². The molecule has 246 valence electrons. The molecule has 0 spiro atoms. The summed E-state index contributed by atoms with van der Waals surface area (Å²) in [4.78, 5) is 54.3. The molecule has 2 aliphatic heterocycles. The number of thioether (sulfide) groups is 1. The van der Waals surface area contributed by atoms with Crippen LogP contribution in [0, 0.1) is 0 Å². The van der Waals surface area contributed by atoms with E-state index >= 15 is 0 Å². The van der Waals surface area contributed by atoms with Crippen molar-refractivity contribution < 1.29 is 38.5 Å². The van der Waals surface area contributed by atoms with Crippen LogP contribution in [0.25, 0.3) is 0 Å². The first kappa shape index (κ1) is 33.7. The normalized spacial score (nSPS) is 19.1. The van der Waals surface area contributed by atoms with Crippen LogP contribution in [0.1, 0.15) is 49.8 Å². The molecule has 0 aliphatic carbocycles. The molecular formula is C36H38N2O8S. The number of benzene rings is 3. The lowest BCUT2D eigenvalue weighted by Crippen LogP contribution is -2.74. The van der Waals surface area contributed by atoms with Gasteiger partial charge in [-0.3, -0.25) is 14.4 Å². The Morgan fingerprint density at radius 2 is 1.55 bits per heavy atom. The van der Waals surface area contributed by atoms with Crippen molar-refractivity contribution in [2.75, 3.05) is 13.2 Å². The first-order valence-electron chi connectivity index (χ1n) is 15.6.